The van der Waals surface area contributed by atoms with Crippen LogP contribution in [-0.4, -0.2) is 48.6 Å². The monoisotopic (exact) mass is 437 g/mol. The molecular formula is C26H31NO5. The smallest absolute Gasteiger partial charge is 0.295 e. The third-order valence-electron chi connectivity index (χ3n) is 5.53. The second-order valence-corrected chi connectivity index (χ2v) is 7.83. The van der Waals surface area contributed by atoms with Crippen molar-refractivity contribution in [1.82, 2.24) is 4.90 Å². The number of aliphatic hydroxyl groups is 1. The molecule has 1 atom stereocenters. The molecule has 6 nitrogen and oxygen atoms in total. The summed E-state index contributed by atoms with van der Waals surface area (Å²) in [5, 5.41) is 11.0. The fourth-order valence-electron chi connectivity index (χ4n) is 3.90. The van der Waals surface area contributed by atoms with Crippen LogP contribution in [0.4, 0.5) is 0 Å². The van der Waals surface area contributed by atoms with E-state index in [1.165, 1.54) is 4.90 Å². The molecule has 1 saturated heterocycles. The standard InChI is InChI=1S/C26H31NO5/c1-3-4-8-17-32-21-14-9-13-20(18-21)23-22(24(28)19-11-6-5-7-12-19)25(29)26(30)27(23)15-10-16-31-2/h5-7,9,11-14,18,23,28H,3-4,8,10,15-17H2,1-2H3/b24-22+. The van der Waals surface area contributed by atoms with Gasteiger partial charge in [0.1, 0.15) is 11.5 Å². The van der Waals surface area contributed by atoms with Crippen LogP contribution in [-0.2, 0) is 14.3 Å². The van der Waals surface area contributed by atoms with Crippen LogP contribution >= 0.6 is 0 Å². The SMILES string of the molecule is CCCCCOc1cccc(C2/C(=C(\O)c3ccccc3)C(=O)C(=O)N2CCCOC)c1. The van der Waals surface area contributed by atoms with Crippen LogP contribution in [0.25, 0.3) is 5.76 Å². The highest BCUT2D eigenvalue weighted by molar-refractivity contribution is 6.46. The number of benzene rings is 2. The summed E-state index contributed by atoms with van der Waals surface area (Å²) >= 11 is 0. The Morgan fingerprint density at radius 1 is 1.00 bits per heavy atom. The molecule has 0 saturated carbocycles. The Morgan fingerprint density at radius 3 is 2.50 bits per heavy atom. The number of carbonyl (C=O) groups is 2. The molecule has 1 aliphatic heterocycles. The lowest BCUT2D eigenvalue weighted by Gasteiger charge is -2.25. The highest BCUT2D eigenvalue weighted by Gasteiger charge is 2.45. The van der Waals surface area contributed by atoms with E-state index in [4.69, 9.17) is 9.47 Å². The molecule has 170 valence electrons. The minimum absolute atomic E-state index is 0.0988. The van der Waals surface area contributed by atoms with Gasteiger partial charge in [0.15, 0.2) is 0 Å². The number of carbonyl (C=O) groups excluding carboxylic acids is 2. The number of hydrogen-bond acceptors (Lipinski definition) is 5. The number of methoxy groups -OCH3 is 1. The number of aliphatic hydroxyl groups excluding tert-OH is 1. The first-order valence-electron chi connectivity index (χ1n) is 11.1. The van der Waals surface area contributed by atoms with E-state index in [2.05, 4.69) is 6.92 Å². The molecule has 1 unspecified atom stereocenters. The van der Waals surface area contributed by atoms with Crippen LogP contribution in [0.5, 0.6) is 5.75 Å². The summed E-state index contributed by atoms with van der Waals surface area (Å²) in [6, 6.07) is 15.6. The van der Waals surface area contributed by atoms with E-state index >= 15 is 0 Å². The van der Waals surface area contributed by atoms with E-state index in [0.717, 1.165) is 24.8 Å². The third-order valence-corrected chi connectivity index (χ3v) is 5.53. The molecule has 0 bridgehead atoms. The van der Waals surface area contributed by atoms with Crippen LogP contribution in [0.2, 0.25) is 0 Å². The van der Waals surface area contributed by atoms with Gasteiger partial charge in [0.2, 0.25) is 0 Å². The maximum Gasteiger partial charge on any atom is 0.295 e. The maximum atomic E-state index is 13.0. The fraction of sp³-hybridized carbons (Fsp3) is 0.385. The lowest BCUT2D eigenvalue weighted by atomic mass is 9.95. The van der Waals surface area contributed by atoms with Crippen molar-refractivity contribution >= 4 is 17.4 Å². The minimum atomic E-state index is -0.689. The van der Waals surface area contributed by atoms with Crippen molar-refractivity contribution in [2.24, 2.45) is 0 Å². The molecule has 0 spiro atoms. The fourth-order valence-corrected chi connectivity index (χ4v) is 3.90. The van der Waals surface area contributed by atoms with E-state index in [0.29, 0.717) is 37.5 Å². The number of hydrogen-bond donors (Lipinski definition) is 1. The molecule has 0 aliphatic carbocycles. The normalized spacial score (nSPS) is 17.7. The van der Waals surface area contributed by atoms with Gasteiger partial charge in [-0.2, -0.15) is 0 Å². The first-order valence-corrected chi connectivity index (χ1v) is 11.1. The van der Waals surface area contributed by atoms with Crippen molar-refractivity contribution in [2.45, 2.75) is 38.6 Å². The van der Waals surface area contributed by atoms with Crippen molar-refractivity contribution in [2.75, 3.05) is 26.9 Å². The van der Waals surface area contributed by atoms with Crippen molar-refractivity contribution in [3.05, 3.63) is 71.3 Å². The van der Waals surface area contributed by atoms with E-state index in [9.17, 15) is 14.7 Å². The van der Waals surface area contributed by atoms with Gasteiger partial charge in [-0.15, -0.1) is 0 Å². The number of amides is 1. The molecule has 32 heavy (non-hydrogen) atoms. The third kappa shape index (κ3) is 5.37. The second-order valence-electron chi connectivity index (χ2n) is 7.83. The first kappa shape index (κ1) is 23.5. The van der Waals surface area contributed by atoms with Gasteiger partial charge in [-0.25, -0.2) is 0 Å². The van der Waals surface area contributed by atoms with Gasteiger partial charge in [-0.05, 0) is 30.5 Å². The summed E-state index contributed by atoms with van der Waals surface area (Å²) in [7, 11) is 1.60. The number of Topliss-reactive ketones (excluding diaryl/α,β-unsaturated/α-hetero) is 1. The number of unbranched alkanes of at least 4 members (excludes halogenated alkanes) is 2. The quantitative estimate of drug-likeness (QED) is 0.238. The molecule has 0 aromatic heterocycles. The molecule has 1 amide bonds. The van der Waals surface area contributed by atoms with Gasteiger partial charge in [0, 0.05) is 25.8 Å². The van der Waals surface area contributed by atoms with Crippen molar-refractivity contribution in [1.29, 1.82) is 0 Å². The Kier molecular flexibility index (Phi) is 8.45. The van der Waals surface area contributed by atoms with Crippen LogP contribution in [0.1, 0.15) is 49.8 Å². The molecule has 2 aromatic rings. The zero-order chi connectivity index (χ0) is 22.9. The van der Waals surface area contributed by atoms with Gasteiger partial charge in [-0.1, -0.05) is 62.2 Å². The highest BCUT2D eigenvalue weighted by atomic mass is 16.5. The Labute approximate surface area is 189 Å². The average Bonchev–Trinajstić information content (AvgIpc) is 3.07. The Hall–Kier alpha value is -3.12. The summed E-state index contributed by atoms with van der Waals surface area (Å²) in [6.45, 7) is 3.56. The lowest BCUT2D eigenvalue weighted by molar-refractivity contribution is -0.140. The summed E-state index contributed by atoms with van der Waals surface area (Å²) in [5.74, 6) is -0.779. The molecule has 1 fully saturated rings. The summed E-state index contributed by atoms with van der Waals surface area (Å²) < 4.78 is 11.0. The highest BCUT2D eigenvalue weighted by Crippen LogP contribution is 2.40. The van der Waals surface area contributed by atoms with E-state index < -0.39 is 17.7 Å². The molecule has 6 heteroatoms. The number of ether oxygens (including phenoxy) is 2. The van der Waals surface area contributed by atoms with Crippen LogP contribution in [0.15, 0.2) is 60.2 Å². The molecule has 1 aliphatic rings. The van der Waals surface area contributed by atoms with Gasteiger partial charge in [0.25, 0.3) is 11.7 Å². The van der Waals surface area contributed by atoms with Crippen LogP contribution in [0, 0.1) is 0 Å². The molecule has 0 radical (unpaired) electrons. The van der Waals surface area contributed by atoms with Crippen LogP contribution in [0.3, 0.4) is 0 Å². The topological polar surface area (TPSA) is 76.1 Å². The number of nitrogens with zero attached hydrogens (tertiary/aromatic N) is 1. The predicted octanol–water partition coefficient (Wildman–Crippen LogP) is 4.71. The van der Waals surface area contributed by atoms with Gasteiger partial charge >= 0.3 is 0 Å². The second kappa shape index (κ2) is 11.5. The zero-order valence-electron chi connectivity index (χ0n) is 18.8. The minimum Gasteiger partial charge on any atom is -0.507 e. The summed E-state index contributed by atoms with van der Waals surface area (Å²) in [5.41, 5.74) is 1.33. The van der Waals surface area contributed by atoms with E-state index in [1.807, 2.05) is 30.3 Å². The maximum absolute atomic E-state index is 13.0. The van der Waals surface area contributed by atoms with Crippen molar-refractivity contribution < 1.29 is 24.2 Å². The largest absolute Gasteiger partial charge is 0.507 e. The van der Waals surface area contributed by atoms with Gasteiger partial charge in [-0.3, -0.25) is 9.59 Å². The number of rotatable bonds is 11. The molecule has 1 heterocycles. The Balaban J connectivity index is 2.00. The van der Waals surface area contributed by atoms with Gasteiger partial charge < -0.3 is 19.5 Å². The number of ketones is 1. The Bertz CT molecular complexity index is 954. The first-order chi connectivity index (χ1) is 15.6. The molecular weight excluding hydrogens is 406 g/mol. The van der Waals surface area contributed by atoms with E-state index in [1.54, 1.807) is 31.4 Å². The van der Waals surface area contributed by atoms with Crippen molar-refractivity contribution in [3.63, 3.8) is 0 Å². The summed E-state index contributed by atoms with van der Waals surface area (Å²) in [6.07, 6.45) is 3.75. The average molecular weight is 438 g/mol. The lowest BCUT2D eigenvalue weighted by Crippen LogP contribution is -2.31. The van der Waals surface area contributed by atoms with E-state index in [-0.39, 0.29) is 11.3 Å². The Morgan fingerprint density at radius 2 is 1.78 bits per heavy atom. The van der Waals surface area contributed by atoms with Crippen molar-refractivity contribution in [3.8, 4) is 5.75 Å². The predicted molar refractivity (Wildman–Crippen MR) is 123 cm³/mol. The zero-order valence-corrected chi connectivity index (χ0v) is 18.8. The summed E-state index contributed by atoms with van der Waals surface area (Å²) in [4.78, 5) is 27.4. The molecule has 2 aromatic carbocycles. The number of likely N-dealkylation sites (tertiary alicyclic amines) is 1. The molecule has 3 rings (SSSR count). The van der Waals surface area contributed by atoms with Gasteiger partial charge in [0.05, 0.1) is 18.2 Å². The molecule has 1 N–H and O–H groups in total. The van der Waals surface area contributed by atoms with Crippen LogP contribution < -0.4 is 4.74 Å².